The van der Waals surface area contributed by atoms with Crippen molar-refractivity contribution in [2.24, 2.45) is 0 Å². The normalized spacial score (nSPS) is 12.5. The summed E-state index contributed by atoms with van der Waals surface area (Å²) >= 11 is 0. The van der Waals surface area contributed by atoms with Crippen LogP contribution < -0.4 is 5.32 Å². The van der Waals surface area contributed by atoms with E-state index < -0.39 is 24.5 Å². The van der Waals surface area contributed by atoms with E-state index in [4.69, 9.17) is 13.9 Å². The summed E-state index contributed by atoms with van der Waals surface area (Å²) in [5.74, 6) is -1.51. The average molecular weight is 421 g/mol. The fourth-order valence-electron chi connectivity index (χ4n) is 3.83. The van der Waals surface area contributed by atoms with Gasteiger partial charge in [0.15, 0.2) is 6.61 Å². The van der Waals surface area contributed by atoms with Crippen LogP contribution in [0.15, 0.2) is 41.0 Å². The van der Waals surface area contributed by atoms with E-state index in [0.717, 1.165) is 41.4 Å². The van der Waals surface area contributed by atoms with Crippen LogP contribution in [0.2, 0.25) is 0 Å². The third-order valence-electron chi connectivity index (χ3n) is 5.50. The quantitative estimate of drug-likeness (QED) is 0.610. The third-order valence-corrected chi connectivity index (χ3v) is 5.50. The number of rotatable bonds is 6. The van der Waals surface area contributed by atoms with Crippen LogP contribution in [0.3, 0.4) is 0 Å². The third kappa shape index (κ3) is 4.45. The zero-order chi connectivity index (χ0) is 22.0. The number of carbonyl (C=O) groups is 3. The number of carbonyl (C=O) groups excluding carboxylic acids is 3. The molecular formula is C24H23NO6. The molecule has 4 rings (SSSR count). The molecule has 3 aromatic rings. The Hall–Kier alpha value is -3.61. The van der Waals surface area contributed by atoms with Crippen molar-refractivity contribution in [3.63, 3.8) is 0 Å². The molecule has 1 aromatic heterocycles. The lowest BCUT2D eigenvalue weighted by Crippen LogP contribution is -2.22. The van der Waals surface area contributed by atoms with Gasteiger partial charge >= 0.3 is 11.9 Å². The first-order valence-corrected chi connectivity index (χ1v) is 10.1. The SMILES string of the molecule is COC(=O)c1ccc(C)c(NC(=O)COC(=O)Cc2coc3cc4c(cc23)CCC4)c1. The van der Waals surface area contributed by atoms with Crippen LogP contribution in [0.25, 0.3) is 11.0 Å². The molecule has 1 N–H and O–H groups in total. The van der Waals surface area contributed by atoms with Crippen LogP contribution in [-0.4, -0.2) is 31.6 Å². The molecule has 0 atom stereocenters. The molecule has 0 radical (unpaired) electrons. The van der Waals surface area contributed by atoms with Crippen LogP contribution in [0.5, 0.6) is 0 Å². The Morgan fingerprint density at radius 2 is 1.87 bits per heavy atom. The zero-order valence-electron chi connectivity index (χ0n) is 17.4. The van der Waals surface area contributed by atoms with E-state index in [9.17, 15) is 14.4 Å². The minimum Gasteiger partial charge on any atom is -0.465 e. The maximum atomic E-state index is 12.3. The van der Waals surface area contributed by atoms with Gasteiger partial charge in [0.25, 0.3) is 5.91 Å². The van der Waals surface area contributed by atoms with Crippen molar-refractivity contribution in [3.8, 4) is 0 Å². The molecule has 0 bridgehead atoms. The number of benzene rings is 2. The summed E-state index contributed by atoms with van der Waals surface area (Å²) in [7, 11) is 1.29. The second kappa shape index (κ2) is 8.63. The number of nitrogens with one attached hydrogen (secondary N) is 1. The lowest BCUT2D eigenvalue weighted by atomic mass is 10.0. The molecular weight excluding hydrogens is 398 g/mol. The van der Waals surface area contributed by atoms with Gasteiger partial charge in [0.1, 0.15) is 5.58 Å². The smallest absolute Gasteiger partial charge is 0.337 e. The molecule has 0 aliphatic heterocycles. The van der Waals surface area contributed by atoms with E-state index in [-0.39, 0.29) is 6.42 Å². The second-order valence-electron chi connectivity index (χ2n) is 7.64. The highest BCUT2D eigenvalue weighted by molar-refractivity contribution is 5.96. The monoisotopic (exact) mass is 421 g/mol. The molecule has 160 valence electrons. The highest BCUT2D eigenvalue weighted by atomic mass is 16.5. The van der Waals surface area contributed by atoms with Crippen molar-refractivity contribution in [2.45, 2.75) is 32.6 Å². The summed E-state index contributed by atoms with van der Waals surface area (Å²) in [5.41, 5.74) is 5.66. The first kappa shape index (κ1) is 20.7. The second-order valence-corrected chi connectivity index (χ2v) is 7.64. The molecule has 0 saturated carbocycles. The van der Waals surface area contributed by atoms with Crippen molar-refractivity contribution < 1.29 is 28.3 Å². The van der Waals surface area contributed by atoms with Gasteiger partial charge < -0.3 is 19.2 Å². The van der Waals surface area contributed by atoms with E-state index in [1.165, 1.54) is 24.3 Å². The molecule has 0 unspecified atom stereocenters. The van der Waals surface area contributed by atoms with Gasteiger partial charge in [-0.1, -0.05) is 6.07 Å². The number of anilines is 1. The maximum absolute atomic E-state index is 12.3. The van der Waals surface area contributed by atoms with Gasteiger partial charge in [-0.25, -0.2) is 4.79 Å². The summed E-state index contributed by atoms with van der Waals surface area (Å²) in [6.07, 6.45) is 4.83. The summed E-state index contributed by atoms with van der Waals surface area (Å²) in [6.45, 7) is 1.37. The minimum absolute atomic E-state index is 0.0237. The molecule has 7 nitrogen and oxygen atoms in total. The molecule has 7 heteroatoms. The van der Waals surface area contributed by atoms with Gasteiger partial charge in [-0.3, -0.25) is 9.59 Å². The molecule has 1 amide bonds. The zero-order valence-corrected chi connectivity index (χ0v) is 17.4. The molecule has 1 heterocycles. The van der Waals surface area contributed by atoms with Crippen molar-refractivity contribution in [2.75, 3.05) is 19.0 Å². The number of methoxy groups -OCH3 is 1. The Kier molecular flexibility index (Phi) is 5.75. The highest BCUT2D eigenvalue weighted by Crippen LogP contribution is 2.30. The fraction of sp³-hybridized carbons (Fsp3) is 0.292. The standard InChI is InChI=1S/C24H23NO6/c1-14-6-7-17(24(28)29-2)9-20(14)25-22(26)13-31-23(27)11-18-12-30-21-10-16-5-3-4-15(16)8-19(18)21/h6-10,12H,3-5,11,13H2,1-2H3,(H,25,26). The number of aryl methyl sites for hydroxylation is 3. The van der Waals surface area contributed by atoms with Crippen LogP contribution >= 0.6 is 0 Å². The lowest BCUT2D eigenvalue weighted by molar-refractivity contribution is -0.146. The average Bonchev–Trinajstić information content (AvgIpc) is 3.38. The van der Waals surface area contributed by atoms with Crippen LogP contribution in [0, 0.1) is 6.92 Å². The Labute approximate surface area is 179 Å². The van der Waals surface area contributed by atoms with Gasteiger partial charge in [-0.2, -0.15) is 0 Å². The van der Waals surface area contributed by atoms with Gasteiger partial charge in [-0.15, -0.1) is 0 Å². The number of esters is 2. The van der Waals surface area contributed by atoms with Crippen molar-refractivity contribution in [1.29, 1.82) is 0 Å². The Morgan fingerprint density at radius 3 is 2.65 bits per heavy atom. The van der Waals surface area contributed by atoms with Gasteiger partial charge in [-0.05, 0) is 67.1 Å². The summed E-state index contributed by atoms with van der Waals surface area (Å²) in [5, 5.41) is 3.57. The Balaban J connectivity index is 1.36. The first-order chi connectivity index (χ1) is 14.9. The van der Waals surface area contributed by atoms with Crippen LogP contribution in [0.1, 0.15) is 39.0 Å². The predicted molar refractivity (Wildman–Crippen MR) is 114 cm³/mol. The maximum Gasteiger partial charge on any atom is 0.337 e. The number of amides is 1. The minimum atomic E-state index is -0.515. The molecule has 1 aliphatic rings. The van der Waals surface area contributed by atoms with E-state index >= 15 is 0 Å². The molecule has 0 fully saturated rings. The van der Waals surface area contributed by atoms with Crippen molar-refractivity contribution >= 4 is 34.5 Å². The van der Waals surface area contributed by atoms with E-state index in [1.54, 1.807) is 25.3 Å². The highest BCUT2D eigenvalue weighted by Gasteiger charge is 2.18. The fourth-order valence-corrected chi connectivity index (χ4v) is 3.83. The summed E-state index contributed by atoms with van der Waals surface area (Å²) in [6, 6.07) is 8.98. The number of ether oxygens (including phenoxy) is 2. The van der Waals surface area contributed by atoms with Crippen molar-refractivity contribution in [3.05, 3.63) is 64.4 Å². The van der Waals surface area contributed by atoms with Gasteiger partial charge in [0.2, 0.25) is 0 Å². The number of hydrogen-bond acceptors (Lipinski definition) is 6. The number of hydrogen-bond donors (Lipinski definition) is 1. The molecule has 31 heavy (non-hydrogen) atoms. The summed E-state index contributed by atoms with van der Waals surface area (Å²) in [4.78, 5) is 36.2. The predicted octanol–water partition coefficient (Wildman–Crippen LogP) is 3.74. The molecule has 0 saturated heterocycles. The lowest BCUT2D eigenvalue weighted by Gasteiger charge is -2.10. The molecule has 0 spiro atoms. The van der Waals surface area contributed by atoms with E-state index in [1.807, 2.05) is 6.07 Å². The summed E-state index contributed by atoms with van der Waals surface area (Å²) < 4.78 is 15.4. The van der Waals surface area contributed by atoms with Gasteiger partial charge in [0, 0.05) is 16.6 Å². The topological polar surface area (TPSA) is 94.8 Å². The number of fused-ring (bicyclic) bond motifs is 2. The molecule has 1 aliphatic carbocycles. The van der Waals surface area contributed by atoms with Gasteiger partial charge in [0.05, 0.1) is 25.4 Å². The Morgan fingerprint density at radius 1 is 1.10 bits per heavy atom. The van der Waals surface area contributed by atoms with Crippen LogP contribution in [-0.2, 0) is 38.3 Å². The van der Waals surface area contributed by atoms with E-state index in [0.29, 0.717) is 11.3 Å². The largest absolute Gasteiger partial charge is 0.465 e. The van der Waals surface area contributed by atoms with E-state index in [2.05, 4.69) is 11.4 Å². The number of furan rings is 1. The van der Waals surface area contributed by atoms with Crippen LogP contribution in [0.4, 0.5) is 5.69 Å². The molecule has 2 aromatic carbocycles. The first-order valence-electron chi connectivity index (χ1n) is 10.1. The Bertz CT molecular complexity index is 1180. The van der Waals surface area contributed by atoms with Crippen molar-refractivity contribution in [1.82, 2.24) is 0 Å².